The molecule has 220 valence electrons. The molecule has 1 unspecified atom stereocenters. The van der Waals surface area contributed by atoms with Crippen molar-refractivity contribution in [3.63, 3.8) is 0 Å². The summed E-state index contributed by atoms with van der Waals surface area (Å²) in [5.41, 5.74) is -1.34. The maximum atomic E-state index is 12.7. The standard InChI is InChI=1S/C34H60O4/c1-4-7-10-13-16-19-22-25-28-31(32(35)36)34(33(37)38,29-26-23-20-17-14-11-8-5-2)30-27-24-21-18-15-12-9-6-3/h22-27,31H,4-21,28-30H2,1-3H3,(H,35,36)(H,37,38)/b25-22+,26-23+,27-24+. The van der Waals surface area contributed by atoms with Gasteiger partial charge >= 0.3 is 11.9 Å². The lowest BCUT2D eigenvalue weighted by atomic mass is 9.68. The molecule has 0 saturated carbocycles. The first-order valence-corrected chi connectivity index (χ1v) is 15.9. The van der Waals surface area contributed by atoms with Gasteiger partial charge in [-0.25, -0.2) is 0 Å². The van der Waals surface area contributed by atoms with Crippen LogP contribution in [0.5, 0.6) is 0 Å². The number of carboxylic acid groups (broad SMARTS) is 2. The van der Waals surface area contributed by atoms with E-state index in [1.807, 2.05) is 24.3 Å². The minimum absolute atomic E-state index is 0.250. The molecule has 0 aliphatic rings. The number of hydrogen-bond acceptors (Lipinski definition) is 2. The van der Waals surface area contributed by atoms with Gasteiger partial charge in [0.1, 0.15) is 0 Å². The van der Waals surface area contributed by atoms with Crippen LogP contribution in [0.4, 0.5) is 0 Å². The fraction of sp³-hybridized carbons (Fsp3) is 0.765. The smallest absolute Gasteiger partial charge is 0.311 e. The molecule has 0 radical (unpaired) electrons. The highest BCUT2D eigenvalue weighted by atomic mass is 16.4. The van der Waals surface area contributed by atoms with Crippen LogP contribution in [-0.4, -0.2) is 22.2 Å². The Kier molecular flexibility index (Phi) is 24.2. The molecule has 0 aromatic carbocycles. The van der Waals surface area contributed by atoms with Gasteiger partial charge in [-0.15, -0.1) is 0 Å². The molecule has 0 aromatic heterocycles. The maximum absolute atomic E-state index is 12.7. The molecule has 0 spiro atoms. The van der Waals surface area contributed by atoms with Crippen LogP contribution in [0.2, 0.25) is 0 Å². The van der Waals surface area contributed by atoms with E-state index in [1.54, 1.807) is 0 Å². The zero-order chi connectivity index (χ0) is 28.3. The van der Waals surface area contributed by atoms with E-state index in [-0.39, 0.29) is 19.3 Å². The largest absolute Gasteiger partial charge is 0.481 e. The van der Waals surface area contributed by atoms with Gasteiger partial charge in [0.15, 0.2) is 0 Å². The minimum Gasteiger partial charge on any atom is -0.481 e. The van der Waals surface area contributed by atoms with Gasteiger partial charge in [0.25, 0.3) is 0 Å². The molecular weight excluding hydrogens is 472 g/mol. The average molecular weight is 533 g/mol. The third kappa shape index (κ3) is 17.6. The van der Waals surface area contributed by atoms with E-state index >= 15 is 0 Å². The summed E-state index contributed by atoms with van der Waals surface area (Å²) in [5, 5.41) is 20.6. The predicted octanol–water partition coefficient (Wildman–Crippen LogP) is 10.7. The number of aliphatic carboxylic acids is 2. The highest BCUT2D eigenvalue weighted by molar-refractivity contribution is 5.84. The molecule has 0 heterocycles. The number of rotatable bonds is 27. The molecule has 0 bridgehead atoms. The second kappa shape index (κ2) is 25.4. The highest BCUT2D eigenvalue weighted by Crippen LogP contribution is 2.40. The van der Waals surface area contributed by atoms with Gasteiger partial charge < -0.3 is 10.2 Å². The topological polar surface area (TPSA) is 74.6 Å². The SMILES string of the molecule is CCCCCCC/C=C/CC(C(=O)O)C(C/C=C/CCCCCCC)(C/C=C/CCCCCCC)C(=O)O. The van der Waals surface area contributed by atoms with Crippen LogP contribution >= 0.6 is 0 Å². The molecule has 0 rings (SSSR count). The molecule has 0 fully saturated rings. The monoisotopic (exact) mass is 532 g/mol. The molecule has 2 N–H and O–H groups in total. The van der Waals surface area contributed by atoms with Crippen LogP contribution in [0.25, 0.3) is 0 Å². The Labute approximate surface area is 235 Å². The first kappa shape index (κ1) is 36.2. The summed E-state index contributed by atoms with van der Waals surface area (Å²) in [7, 11) is 0. The lowest BCUT2D eigenvalue weighted by Gasteiger charge is -2.33. The fourth-order valence-corrected chi connectivity index (χ4v) is 5.02. The average Bonchev–Trinajstić information content (AvgIpc) is 2.89. The minimum atomic E-state index is -1.34. The molecule has 4 heteroatoms. The zero-order valence-corrected chi connectivity index (χ0v) is 25.1. The van der Waals surface area contributed by atoms with Crippen molar-refractivity contribution >= 4 is 11.9 Å². The number of carboxylic acids is 2. The quantitative estimate of drug-likeness (QED) is 0.0814. The zero-order valence-electron chi connectivity index (χ0n) is 25.1. The lowest BCUT2D eigenvalue weighted by Crippen LogP contribution is -2.42. The molecule has 1 atom stereocenters. The summed E-state index contributed by atoms with van der Waals surface area (Å²) in [5.74, 6) is -2.97. The molecule has 0 aromatic rings. The third-order valence-corrected chi connectivity index (χ3v) is 7.65. The Hall–Kier alpha value is -1.84. The van der Waals surface area contributed by atoms with Crippen molar-refractivity contribution < 1.29 is 19.8 Å². The first-order valence-electron chi connectivity index (χ1n) is 15.9. The van der Waals surface area contributed by atoms with Crippen molar-refractivity contribution in [2.45, 2.75) is 156 Å². The van der Waals surface area contributed by atoms with E-state index in [0.29, 0.717) is 0 Å². The van der Waals surface area contributed by atoms with Gasteiger partial charge in [-0.05, 0) is 57.8 Å². The van der Waals surface area contributed by atoms with E-state index < -0.39 is 23.3 Å². The van der Waals surface area contributed by atoms with Gasteiger partial charge in [0.2, 0.25) is 0 Å². The van der Waals surface area contributed by atoms with Crippen molar-refractivity contribution in [1.29, 1.82) is 0 Å². The van der Waals surface area contributed by atoms with Gasteiger partial charge in [0, 0.05) is 0 Å². The van der Waals surface area contributed by atoms with E-state index in [4.69, 9.17) is 0 Å². The van der Waals surface area contributed by atoms with Gasteiger partial charge in [0.05, 0.1) is 11.3 Å². The van der Waals surface area contributed by atoms with Crippen LogP contribution in [0.15, 0.2) is 36.5 Å². The van der Waals surface area contributed by atoms with Crippen molar-refractivity contribution in [2.75, 3.05) is 0 Å². The van der Waals surface area contributed by atoms with Crippen molar-refractivity contribution in [3.05, 3.63) is 36.5 Å². The Morgan fingerprint density at radius 2 is 0.921 bits per heavy atom. The first-order chi connectivity index (χ1) is 18.5. The number of allylic oxidation sites excluding steroid dienone is 6. The van der Waals surface area contributed by atoms with Crippen LogP contribution in [-0.2, 0) is 9.59 Å². The summed E-state index contributed by atoms with van der Waals surface area (Å²) in [6.07, 6.45) is 33.4. The Balaban J connectivity index is 5.34. The number of hydrogen-bond donors (Lipinski definition) is 2. The Bertz CT molecular complexity index is 635. The highest BCUT2D eigenvalue weighted by Gasteiger charge is 2.47. The van der Waals surface area contributed by atoms with Gasteiger partial charge in [-0.3, -0.25) is 9.59 Å². The normalized spacial score (nSPS) is 13.2. The van der Waals surface area contributed by atoms with E-state index in [2.05, 4.69) is 32.9 Å². The van der Waals surface area contributed by atoms with E-state index in [1.165, 1.54) is 77.0 Å². The molecule has 38 heavy (non-hydrogen) atoms. The molecule has 0 aliphatic heterocycles. The Morgan fingerprint density at radius 1 is 0.553 bits per heavy atom. The summed E-state index contributed by atoms with van der Waals surface area (Å²) in [6.45, 7) is 6.61. The Morgan fingerprint density at radius 3 is 1.26 bits per heavy atom. The van der Waals surface area contributed by atoms with Crippen LogP contribution in [0.3, 0.4) is 0 Å². The summed E-state index contributed by atoms with van der Waals surface area (Å²) in [4.78, 5) is 25.1. The van der Waals surface area contributed by atoms with Gasteiger partial charge in [-0.2, -0.15) is 0 Å². The van der Waals surface area contributed by atoms with Gasteiger partial charge in [-0.1, -0.05) is 134 Å². The number of carbonyl (C=O) groups is 2. The third-order valence-electron chi connectivity index (χ3n) is 7.65. The van der Waals surface area contributed by atoms with Crippen molar-refractivity contribution in [1.82, 2.24) is 0 Å². The second-order valence-corrected chi connectivity index (χ2v) is 11.0. The maximum Gasteiger partial charge on any atom is 0.311 e. The molecule has 0 aliphatic carbocycles. The summed E-state index contributed by atoms with van der Waals surface area (Å²) < 4.78 is 0. The number of unbranched alkanes of at least 4 members (excludes halogenated alkanes) is 15. The van der Waals surface area contributed by atoms with Crippen molar-refractivity contribution in [3.8, 4) is 0 Å². The molecule has 4 nitrogen and oxygen atoms in total. The van der Waals surface area contributed by atoms with E-state index in [9.17, 15) is 19.8 Å². The molecule has 0 amide bonds. The fourth-order valence-electron chi connectivity index (χ4n) is 5.02. The second-order valence-electron chi connectivity index (χ2n) is 11.0. The van der Waals surface area contributed by atoms with E-state index in [0.717, 1.165) is 38.5 Å². The molecule has 0 saturated heterocycles. The van der Waals surface area contributed by atoms with Crippen LogP contribution in [0.1, 0.15) is 156 Å². The molecular formula is C34H60O4. The van der Waals surface area contributed by atoms with Crippen LogP contribution < -0.4 is 0 Å². The van der Waals surface area contributed by atoms with Crippen LogP contribution in [0, 0.1) is 11.3 Å². The lowest BCUT2D eigenvalue weighted by molar-refractivity contribution is -0.162. The van der Waals surface area contributed by atoms with Crippen molar-refractivity contribution in [2.24, 2.45) is 11.3 Å². The summed E-state index contributed by atoms with van der Waals surface area (Å²) in [6, 6.07) is 0. The predicted molar refractivity (Wildman–Crippen MR) is 163 cm³/mol. The summed E-state index contributed by atoms with van der Waals surface area (Å²) >= 11 is 0.